The highest BCUT2D eigenvalue weighted by Crippen LogP contribution is 2.40. The molecule has 0 saturated heterocycles. The van der Waals surface area contributed by atoms with Gasteiger partial charge in [0.15, 0.2) is 0 Å². The van der Waals surface area contributed by atoms with Crippen LogP contribution < -0.4 is 0 Å². The van der Waals surface area contributed by atoms with Crippen LogP contribution in [0.25, 0.3) is 49.4 Å². The summed E-state index contributed by atoms with van der Waals surface area (Å²) < 4.78 is 108. The molecule has 0 unspecified atom stereocenters. The Morgan fingerprint density at radius 1 is 0.704 bits per heavy atom. The zero-order chi connectivity index (χ0) is 28.4. The van der Waals surface area contributed by atoms with Crippen molar-refractivity contribution in [1.82, 2.24) is 4.57 Å². The lowest BCUT2D eigenvalue weighted by Crippen LogP contribution is -1.94. The van der Waals surface area contributed by atoms with Gasteiger partial charge < -0.3 is 8.98 Å². The minimum atomic E-state index is -0.603. The molecule has 2 aromatic heterocycles. The van der Waals surface area contributed by atoms with Gasteiger partial charge >= 0.3 is 0 Å². The van der Waals surface area contributed by atoms with Crippen molar-refractivity contribution in [3.63, 3.8) is 0 Å². The van der Waals surface area contributed by atoms with E-state index < -0.39 is 48.3 Å². The maximum absolute atomic E-state index is 8.72. The van der Waals surface area contributed by atoms with E-state index in [-0.39, 0.29) is 78.6 Å². The smallest absolute Gasteiger partial charge is 0.137 e. The third-order valence-electron chi connectivity index (χ3n) is 4.46. The maximum Gasteiger partial charge on any atom is 0.137 e. The second-order valence-electron chi connectivity index (χ2n) is 5.85. The lowest BCUT2D eigenvalue weighted by Gasteiger charge is -2.09. The largest absolute Gasteiger partial charge is 0.456 e. The van der Waals surface area contributed by atoms with Gasteiger partial charge in [0.05, 0.1) is 43.6 Å². The molecule has 6 rings (SSSR count). The number of hydrogen-bond acceptors (Lipinski definition) is 1. The Kier molecular flexibility index (Phi) is 1.48. The molecule has 0 spiro atoms. The first-order valence-corrected chi connectivity index (χ1v) is 8.30. The van der Waals surface area contributed by atoms with E-state index >= 15 is 0 Å². The normalized spacial score (nSPS) is 18.1. The van der Waals surface area contributed by atoms with Crippen molar-refractivity contribution in [2.75, 3.05) is 0 Å². The van der Waals surface area contributed by atoms with Gasteiger partial charge in [0, 0.05) is 16.2 Å². The van der Waals surface area contributed by atoms with Gasteiger partial charge in [-0.1, -0.05) is 59.9 Å². The van der Waals surface area contributed by atoms with E-state index in [4.69, 9.17) is 32.5 Å². The van der Waals surface area contributed by atoms with Crippen molar-refractivity contribution in [3.05, 3.63) is 89.7 Å². The molecule has 0 aliphatic carbocycles. The molecule has 6 aromatic rings. The highest BCUT2D eigenvalue weighted by molar-refractivity contribution is 6.38. The Balaban J connectivity index is 2.02. The van der Waals surface area contributed by atoms with Crippen LogP contribution in [-0.2, 0) is 0 Å². The quantitative estimate of drug-likeness (QED) is 0.292. The fourth-order valence-electron chi connectivity index (χ4n) is 3.40. The van der Waals surface area contributed by atoms with Gasteiger partial charge in [0.2, 0.25) is 0 Å². The summed E-state index contributed by atoms with van der Waals surface area (Å²) in [5, 5.41) is -0.0963. The second-order valence-corrected chi connectivity index (χ2v) is 6.26. The van der Waals surface area contributed by atoms with E-state index in [0.717, 1.165) is 0 Å². The molecule has 0 bridgehead atoms. The number of rotatable bonds is 1. The number of hydrogen-bond donors (Lipinski definition) is 0. The van der Waals surface area contributed by atoms with Gasteiger partial charge in [-0.25, -0.2) is 0 Å². The molecule has 4 aromatic carbocycles. The van der Waals surface area contributed by atoms with Crippen LogP contribution >= 0.6 is 11.6 Å². The summed E-state index contributed by atoms with van der Waals surface area (Å²) in [6.07, 6.45) is 0. The fraction of sp³-hybridized carbons (Fsp3) is 0. The molecule has 0 aliphatic heterocycles. The molecular formula is C24H14ClNO. The SMILES string of the molecule is [2H]c1cc(Cl)c2c(oc3c([2H])c([2H])cc(-n4c5c([2H])c([2H])c([2H])c([2H])c5c5c([2H])c([2H])c([2H])c([2H])c54)c32)c1[2H]. The van der Waals surface area contributed by atoms with Crippen LogP contribution in [0.1, 0.15) is 16.4 Å². The minimum absolute atomic E-state index is 0.00107. The summed E-state index contributed by atoms with van der Waals surface area (Å²) in [5.74, 6) is 0. The number of halogens is 1. The molecule has 0 N–H and O–H groups in total. The molecule has 128 valence electrons. The topological polar surface area (TPSA) is 18.1 Å². The Bertz CT molecular complexity index is 2040. The first-order chi connectivity index (χ1) is 18.3. The summed E-state index contributed by atoms with van der Waals surface area (Å²) in [6, 6.07) is -3.33. The van der Waals surface area contributed by atoms with Crippen molar-refractivity contribution < 1.29 is 20.9 Å². The average Bonchev–Trinajstić information content (AvgIpc) is 3.47. The molecule has 2 heterocycles. The van der Waals surface area contributed by atoms with Crippen LogP contribution in [0.4, 0.5) is 0 Å². The van der Waals surface area contributed by atoms with Crippen LogP contribution in [-0.4, -0.2) is 4.57 Å². The lowest BCUT2D eigenvalue weighted by molar-refractivity contribution is 0.669. The van der Waals surface area contributed by atoms with E-state index in [0.29, 0.717) is 0 Å². The third-order valence-corrected chi connectivity index (χ3v) is 4.75. The first kappa shape index (κ1) is 7.41. The molecular weight excluding hydrogens is 354 g/mol. The maximum atomic E-state index is 8.72. The molecule has 0 radical (unpaired) electrons. The van der Waals surface area contributed by atoms with Crippen molar-refractivity contribution in [2.45, 2.75) is 0 Å². The van der Waals surface area contributed by atoms with Crippen LogP contribution in [0, 0.1) is 0 Å². The predicted molar refractivity (Wildman–Crippen MR) is 113 cm³/mol. The van der Waals surface area contributed by atoms with Crippen LogP contribution in [0.15, 0.2) is 89.1 Å². The zero-order valence-electron chi connectivity index (χ0n) is 25.4. The summed E-state index contributed by atoms with van der Waals surface area (Å²) in [7, 11) is 0. The fourth-order valence-corrected chi connectivity index (χ4v) is 3.63. The van der Waals surface area contributed by atoms with Gasteiger partial charge in [-0.3, -0.25) is 0 Å². The number of furan rings is 1. The van der Waals surface area contributed by atoms with Gasteiger partial charge in [0.25, 0.3) is 0 Å². The lowest BCUT2D eigenvalue weighted by atomic mass is 10.1. The highest BCUT2D eigenvalue weighted by atomic mass is 35.5. The number of aromatic nitrogens is 1. The minimum Gasteiger partial charge on any atom is -0.456 e. The number of fused-ring (bicyclic) bond motifs is 6. The van der Waals surface area contributed by atoms with Gasteiger partial charge in [-0.15, -0.1) is 0 Å². The van der Waals surface area contributed by atoms with Gasteiger partial charge in [-0.05, 0) is 36.3 Å². The van der Waals surface area contributed by atoms with Crippen molar-refractivity contribution >= 4 is 55.3 Å². The molecule has 3 heteroatoms. The predicted octanol–water partition coefficient (Wildman–Crippen LogP) is 7.34. The zero-order valence-corrected chi connectivity index (χ0v) is 14.1. The Morgan fingerprint density at radius 3 is 2.00 bits per heavy atom. The number of nitrogens with zero attached hydrogens (tertiary/aromatic N) is 1. The van der Waals surface area contributed by atoms with E-state index in [1.165, 1.54) is 16.7 Å². The van der Waals surface area contributed by atoms with Crippen LogP contribution in [0.2, 0.25) is 5.02 Å². The Morgan fingerprint density at radius 2 is 1.30 bits per heavy atom. The summed E-state index contributed by atoms with van der Waals surface area (Å²) in [6.45, 7) is 0. The third kappa shape index (κ3) is 1.96. The highest BCUT2D eigenvalue weighted by Gasteiger charge is 2.18. The van der Waals surface area contributed by atoms with E-state index in [9.17, 15) is 0 Å². The Hall–Kier alpha value is -3.23. The summed E-state index contributed by atoms with van der Waals surface area (Å²) in [4.78, 5) is 0. The number of para-hydroxylation sites is 2. The number of benzene rings is 4. The summed E-state index contributed by atoms with van der Waals surface area (Å²) >= 11 is 6.50. The van der Waals surface area contributed by atoms with Crippen molar-refractivity contribution in [3.8, 4) is 5.69 Å². The summed E-state index contributed by atoms with van der Waals surface area (Å²) in [5.41, 5.74) is -0.651. The van der Waals surface area contributed by atoms with E-state index in [1.54, 1.807) is 0 Å². The van der Waals surface area contributed by atoms with Crippen LogP contribution in [0.3, 0.4) is 0 Å². The standard InChI is InChI=1S/C24H14ClNO/c25-17-9-5-13-21-23(17)24-20(12-6-14-22(24)27-21)26-18-10-3-1-7-15(18)16-8-2-4-11-19(16)26/h1-14H/i1D,2D,3D,4D,5D,6D,7D,8D,10D,11D,13D,14D. The van der Waals surface area contributed by atoms with E-state index in [1.807, 2.05) is 0 Å². The molecule has 0 saturated carbocycles. The molecule has 0 amide bonds. The van der Waals surface area contributed by atoms with Gasteiger partial charge in [0.1, 0.15) is 11.2 Å². The molecule has 2 nitrogen and oxygen atoms in total. The van der Waals surface area contributed by atoms with Crippen LogP contribution in [0.5, 0.6) is 0 Å². The van der Waals surface area contributed by atoms with Crippen molar-refractivity contribution in [1.29, 1.82) is 0 Å². The molecule has 27 heavy (non-hydrogen) atoms. The van der Waals surface area contributed by atoms with Gasteiger partial charge in [-0.2, -0.15) is 0 Å². The monoisotopic (exact) mass is 379 g/mol. The average molecular weight is 380 g/mol. The second kappa shape index (κ2) is 5.38. The Labute approximate surface area is 177 Å². The molecule has 0 atom stereocenters. The van der Waals surface area contributed by atoms with Crippen molar-refractivity contribution in [2.24, 2.45) is 0 Å². The molecule has 0 fully saturated rings. The van der Waals surface area contributed by atoms with E-state index in [2.05, 4.69) is 0 Å². The molecule has 0 aliphatic rings. The first-order valence-electron chi connectivity index (χ1n) is 13.9.